The number of hydrogen-bond donors (Lipinski definition) is 0. The van der Waals surface area contributed by atoms with E-state index < -0.39 is 0 Å². The first-order valence-electron chi connectivity index (χ1n) is 6.95. The van der Waals surface area contributed by atoms with Gasteiger partial charge in [-0.2, -0.15) is 0 Å². The Labute approximate surface area is 123 Å². The smallest absolute Gasteiger partial charge is 0.119 e. The third-order valence-electron chi connectivity index (χ3n) is 3.29. The maximum absolute atomic E-state index is 5.79. The lowest BCUT2D eigenvalue weighted by molar-refractivity contribution is 0.0432. The minimum Gasteiger partial charge on any atom is -0.491 e. The van der Waals surface area contributed by atoms with E-state index in [1.807, 2.05) is 24.1 Å². The van der Waals surface area contributed by atoms with Crippen LogP contribution in [0.4, 0.5) is 0 Å². The lowest BCUT2D eigenvalue weighted by Crippen LogP contribution is -2.31. The highest BCUT2D eigenvalue weighted by molar-refractivity contribution is 5.31. The lowest BCUT2D eigenvalue weighted by Gasteiger charge is -2.22. The minimum absolute atomic E-state index is 0.0280. The first kappa shape index (κ1) is 16.6. The number of nitrogens with zero attached hydrogens (tertiary/aromatic N) is 1. The van der Waals surface area contributed by atoms with E-state index >= 15 is 0 Å². The summed E-state index contributed by atoms with van der Waals surface area (Å²) in [6.45, 7) is 11.6. The van der Waals surface area contributed by atoms with Gasteiger partial charge in [-0.3, -0.25) is 0 Å². The maximum atomic E-state index is 5.79. The van der Waals surface area contributed by atoms with Crippen LogP contribution >= 0.6 is 0 Å². The molecular weight excluding hydrogens is 250 g/mol. The van der Waals surface area contributed by atoms with Gasteiger partial charge in [-0.05, 0) is 29.3 Å². The fraction of sp³-hybridized carbons (Fsp3) is 0.529. The van der Waals surface area contributed by atoms with E-state index in [0.717, 1.165) is 12.3 Å². The van der Waals surface area contributed by atoms with Crippen molar-refractivity contribution in [2.24, 2.45) is 0 Å². The summed E-state index contributed by atoms with van der Waals surface area (Å²) in [6, 6.07) is 8.27. The fourth-order valence-electron chi connectivity index (χ4n) is 1.83. The van der Waals surface area contributed by atoms with E-state index in [2.05, 4.69) is 39.5 Å². The highest BCUT2D eigenvalue weighted by Crippen LogP contribution is 2.24. The van der Waals surface area contributed by atoms with Gasteiger partial charge in [0.05, 0.1) is 0 Å². The molecule has 1 aromatic carbocycles. The van der Waals surface area contributed by atoms with Crippen LogP contribution in [0.2, 0.25) is 0 Å². The topological polar surface area (TPSA) is 21.7 Å². The van der Waals surface area contributed by atoms with Gasteiger partial charge in [0.1, 0.15) is 18.5 Å². The highest BCUT2D eigenvalue weighted by Gasteiger charge is 2.14. The van der Waals surface area contributed by atoms with Gasteiger partial charge >= 0.3 is 0 Å². The molecule has 0 saturated heterocycles. The van der Waals surface area contributed by atoms with Crippen LogP contribution in [0.3, 0.4) is 0 Å². The Morgan fingerprint density at radius 1 is 1.25 bits per heavy atom. The molecule has 0 aliphatic rings. The predicted molar refractivity (Wildman–Crippen MR) is 84.3 cm³/mol. The van der Waals surface area contributed by atoms with Crippen molar-refractivity contribution in [1.82, 2.24) is 4.90 Å². The summed E-state index contributed by atoms with van der Waals surface area (Å²) in [6.07, 6.45) is 1.81. The summed E-state index contributed by atoms with van der Waals surface area (Å²) in [4.78, 5) is 1.99. The zero-order valence-electron chi connectivity index (χ0n) is 13.3. The summed E-state index contributed by atoms with van der Waals surface area (Å²) in [5, 5.41) is 0. The van der Waals surface area contributed by atoms with Gasteiger partial charge in [0.2, 0.25) is 0 Å². The second-order valence-corrected chi connectivity index (χ2v) is 6.07. The summed E-state index contributed by atoms with van der Waals surface area (Å²) in [5.74, 6) is 0.876. The van der Waals surface area contributed by atoms with Crippen molar-refractivity contribution >= 4 is 0 Å². The van der Waals surface area contributed by atoms with Crippen molar-refractivity contribution in [3.63, 3.8) is 0 Å². The van der Waals surface area contributed by atoms with Crippen molar-refractivity contribution in [1.29, 1.82) is 0 Å². The van der Waals surface area contributed by atoms with E-state index in [1.165, 1.54) is 5.56 Å². The molecule has 0 spiro atoms. The number of benzene rings is 1. The first-order chi connectivity index (χ1) is 9.36. The highest BCUT2D eigenvalue weighted by atomic mass is 16.5. The number of hydrogen-bond acceptors (Lipinski definition) is 3. The first-order valence-corrected chi connectivity index (χ1v) is 6.95. The molecule has 20 heavy (non-hydrogen) atoms. The van der Waals surface area contributed by atoms with Crippen LogP contribution in [0.25, 0.3) is 0 Å². The van der Waals surface area contributed by atoms with E-state index in [1.54, 1.807) is 13.3 Å². The van der Waals surface area contributed by atoms with Gasteiger partial charge in [-0.25, -0.2) is 0 Å². The maximum Gasteiger partial charge on any atom is 0.119 e. The Kier molecular flexibility index (Phi) is 6.08. The summed E-state index contributed by atoms with van der Waals surface area (Å²) in [7, 11) is 3.67. The SMILES string of the molecule is C=CN(C)CC(COc1ccc(C(C)(C)C)cc1)OC. The normalized spacial score (nSPS) is 12.8. The number of methoxy groups -OCH3 is 1. The Morgan fingerprint density at radius 3 is 2.30 bits per heavy atom. The molecule has 1 atom stereocenters. The molecule has 0 fully saturated rings. The van der Waals surface area contributed by atoms with Crippen LogP contribution in [0.1, 0.15) is 26.3 Å². The van der Waals surface area contributed by atoms with Crippen molar-refractivity contribution in [2.45, 2.75) is 32.3 Å². The average molecular weight is 277 g/mol. The number of rotatable bonds is 7. The van der Waals surface area contributed by atoms with Crippen LogP contribution in [0.15, 0.2) is 37.0 Å². The molecule has 0 aliphatic heterocycles. The van der Waals surface area contributed by atoms with Crippen LogP contribution in [0.5, 0.6) is 5.75 Å². The summed E-state index contributed by atoms with van der Waals surface area (Å²) < 4.78 is 11.2. The molecule has 0 radical (unpaired) electrons. The third kappa shape index (κ3) is 5.25. The van der Waals surface area contributed by atoms with Gasteiger partial charge in [-0.15, -0.1) is 0 Å². The van der Waals surface area contributed by atoms with Gasteiger partial charge in [0, 0.05) is 20.7 Å². The molecule has 1 aromatic rings. The largest absolute Gasteiger partial charge is 0.491 e. The molecule has 0 heterocycles. The van der Waals surface area contributed by atoms with Crippen molar-refractivity contribution in [3.05, 3.63) is 42.6 Å². The van der Waals surface area contributed by atoms with E-state index in [0.29, 0.717) is 6.61 Å². The molecule has 3 nitrogen and oxygen atoms in total. The number of likely N-dealkylation sites (N-methyl/N-ethyl adjacent to an activating group) is 1. The molecule has 112 valence electrons. The Morgan fingerprint density at radius 2 is 1.85 bits per heavy atom. The molecule has 0 saturated carbocycles. The van der Waals surface area contributed by atoms with Crippen LogP contribution < -0.4 is 4.74 Å². The molecule has 1 unspecified atom stereocenters. The fourth-order valence-corrected chi connectivity index (χ4v) is 1.83. The molecule has 0 amide bonds. The molecular formula is C17H27NO2. The van der Waals surface area contributed by atoms with Crippen LogP contribution in [-0.4, -0.2) is 38.3 Å². The Balaban J connectivity index is 2.54. The van der Waals surface area contributed by atoms with Gasteiger partial charge in [0.25, 0.3) is 0 Å². The van der Waals surface area contributed by atoms with E-state index in [9.17, 15) is 0 Å². The Hall–Kier alpha value is -1.48. The molecule has 0 N–H and O–H groups in total. The van der Waals surface area contributed by atoms with E-state index in [4.69, 9.17) is 9.47 Å². The van der Waals surface area contributed by atoms with E-state index in [-0.39, 0.29) is 11.5 Å². The molecule has 1 rings (SSSR count). The van der Waals surface area contributed by atoms with Crippen molar-refractivity contribution in [3.8, 4) is 5.75 Å². The second-order valence-electron chi connectivity index (χ2n) is 6.07. The van der Waals surface area contributed by atoms with Crippen LogP contribution in [-0.2, 0) is 10.2 Å². The van der Waals surface area contributed by atoms with Crippen molar-refractivity contribution < 1.29 is 9.47 Å². The van der Waals surface area contributed by atoms with Crippen molar-refractivity contribution in [2.75, 3.05) is 27.3 Å². The van der Waals surface area contributed by atoms with Crippen LogP contribution in [0, 0.1) is 0 Å². The third-order valence-corrected chi connectivity index (χ3v) is 3.29. The minimum atomic E-state index is 0.0280. The molecule has 0 aliphatic carbocycles. The van der Waals surface area contributed by atoms with Gasteiger partial charge in [-0.1, -0.05) is 39.5 Å². The lowest BCUT2D eigenvalue weighted by atomic mass is 9.87. The molecule has 3 heteroatoms. The molecule has 0 aromatic heterocycles. The Bertz CT molecular complexity index is 406. The number of ether oxygens (including phenoxy) is 2. The second kappa shape index (κ2) is 7.34. The zero-order chi connectivity index (χ0) is 15.2. The predicted octanol–water partition coefficient (Wildman–Crippen LogP) is 3.45. The average Bonchev–Trinajstić information content (AvgIpc) is 2.42. The quantitative estimate of drug-likeness (QED) is 0.762. The molecule has 0 bridgehead atoms. The van der Waals surface area contributed by atoms with Gasteiger partial charge < -0.3 is 14.4 Å². The van der Waals surface area contributed by atoms with Gasteiger partial charge in [0.15, 0.2) is 0 Å². The summed E-state index contributed by atoms with van der Waals surface area (Å²) in [5.41, 5.74) is 1.47. The summed E-state index contributed by atoms with van der Waals surface area (Å²) >= 11 is 0. The monoisotopic (exact) mass is 277 g/mol. The zero-order valence-corrected chi connectivity index (χ0v) is 13.3. The standard InChI is InChI=1S/C17H27NO2/c1-7-18(5)12-16(19-6)13-20-15-10-8-14(9-11-15)17(2,3)4/h7-11,16H,1,12-13H2,2-6H3.